The summed E-state index contributed by atoms with van der Waals surface area (Å²) in [7, 11) is 1.59. The first-order chi connectivity index (χ1) is 15.9. The van der Waals surface area contributed by atoms with Gasteiger partial charge in [-0.1, -0.05) is 0 Å². The number of fused-ring (bicyclic) bond motifs is 1. The summed E-state index contributed by atoms with van der Waals surface area (Å²) in [6.07, 6.45) is -1.62. The maximum atomic E-state index is 12.8. The first-order valence-corrected chi connectivity index (χ1v) is 11.1. The van der Waals surface area contributed by atoms with E-state index in [1.54, 1.807) is 25.3 Å². The quantitative estimate of drug-likeness (QED) is 0.607. The fourth-order valence-corrected chi connectivity index (χ4v) is 4.61. The number of Topliss-reactive ketones (excluding diaryl/α,β-unsaturated/α-hetero) is 1. The predicted octanol–water partition coefficient (Wildman–Crippen LogP) is 2.56. The van der Waals surface area contributed by atoms with Crippen LogP contribution < -0.4 is 19.5 Å². The minimum atomic E-state index is -1.16. The Kier molecular flexibility index (Phi) is 7.05. The smallest absolute Gasteiger partial charge is 0.302 e. The van der Waals surface area contributed by atoms with E-state index in [0.717, 1.165) is 10.6 Å². The zero-order valence-electron chi connectivity index (χ0n) is 18.1. The molecule has 1 saturated heterocycles. The van der Waals surface area contributed by atoms with Crippen LogP contribution in [0, 0.1) is 0 Å². The Hall–Kier alpha value is -3.24. The minimum Gasteiger partial charge on any atom is -0.497 e. The number of hydrogen-bond donors (Lipinski definition) is 1. The monoisotopic (exact) mass is 473 g/mol. The molecule has 0 spiro atoms. The summed E-state index contributed by atoms with van der Waals surface area (Å²) in [5.41, 5.74) is 0.307. The second-order valence-electron chi connectivity index (χ2n) is 7.40. The van der Waals surface area contributed by atoms with Crippen LogP contribution >= 0.6 is 11.8 Å². The van der Waals surface area contributed by atoms with Crippen molar-refractivity contribution in [1.29, 1.82) is 0 Å². The molecule has 2 aromatic rings. The van der Waals surface area contributed by atoms with Crippen molar-refractivity contribution in [1.82, 2.24) is 5.32 Å². The molecule has 0 saturated carbocycles. The molecule has 1 amide bonds. The van der Waals surface area contributed by atoms with Gasteiger partial charge in [-0.2, -0.15) is 0 Å². The molecule has 0 aromatic heterocycles. The molecule has 9 nitrogen and oxygen atoms in total. The highest BCUT2D eigenvalue weighted by Gasteiger charge is 2.39. The maximum Gasteiger partial charge on any atom is 0.302 e. The Bertz CT molecular complexity index is 1040. The number of carbonyl (C=O) groups excluding carboxylic acids is 3. The Morgan fingerprint density at radius 3 is 2.61 bits per heavy atom. The van der Waals surface area contributed by atoms with Crippen LogP contribution in [0.2, 0.25) is 0 Å². The van der Waals surface area contributed by atoms with Crippen LogP contribution in [-0.4, -0.2) is 55.8 Å². The van der Waals surface area contributed by atoms with Gasteiger partial charge in [-0.05, 0) is 42.5 Å². The van der Waals surface area contributed by atoms with Gasteiger partial charge in [-0.3, -0.25) is 14.4 Å². The van der Waals surface area contributed by atoms with Crippen molar-refractivity contribution < 1.29 is 38.1 Å². The highest BCUT2D eigenvalue weighted by Crippen LogP contribution is 2.35. The van der Waals surface area contributed by atoms with Gasteiger partial charge >= 0.3 is 5.97 Å². The number of ether oxygens (including phenoxy) is 5. The van der Waals surface area contributed by atoms with Crippen LogP contribution in [-0.2, 0) is 19.1 Å². The molecule has 4 rings (SSSR count). The van der Waals surface area contributed by atoms with Gasteiger partial charge in [0.2, 0.25) is 6.79 Å². The van der Waals surface area contributed by atoms with Crippen molar-refractivity contribution in [2.75, 3.05) is 20.5 Å². The third kappa shape index (κ3) is 5.58. The van der Waals surface area contributed by atoms with Crippen LogP contribution in [0.15, 0.2) is 47.4 Å². The molecule has 2 aliphatic heterocycles. The molecule has 1 N–H and O–H groups in total. The number of thioether (sulfide) groups is 1. The molecule has 0 bridgehead atoms. The number of nitrogens with one attached hydrogen (secondary N) is 1. The van der Waals surface area contributed by atoms with E-state index < -0.39 is 24.2 Å². The largest absolute Gasteiger partial charge is 0.497 e. The Morgan fingerprint density at radius 1 is 1.12 bits per heavy atom. The summed E-state index contributed by atoms with van der Waals surface area (Å²) in [5.74, 6) is 0.523. The average Bonchev–Trinajstić information content (AvgIpc) is 3.28. The molecular formula is C23H23NO8S. The Morgan fingerprint density at radius 2 is 1.88 bits per heavy atom. The van der Waals surface area contributed by atoms with E-state index in [-0.39, 0.29) is 30.9 Å². The topological polar surface area (TPSA) is 109 Å². The van der Waals surface area contributed by atoms with E-state index >= 15 is 0 Å². The lowest BCUT2D eigenvalue weighted by Gasteiger charge is -2.35. The number of carbonyl (C=O) groups is 3. The lowest BCUT2D eigenvalue weighted by Crippen LogP contribution is -2.53. The molecule has 1 unspecified atom stereocenters. The van der Waals surface area contributed by atoms with Crippen LogP contribution in [0.4, 0.5) is 0 Å². The first-order valence-electron chi connectivity index (χ1n) is 10.3. The summed E-state index contributed by atoms with van der Waals surface area (Å²) in [6, 6.07) is 12.2. The number of amides is 1. The van der Waals surface area contributed by atoms with Crippen molar-refractivity contribution in [3.05, 3.63) is 48.0 Å². The van der Waals surface area contributed by atoms with Crippen LogP contribution in [0.5, 0.6) is 17.2 Å². The summed E-state index contributed by atoms with van der Waals surface area (Å²) in [4.78, 5) is 37.8. The second kappa shape index (κ2) is 10.1. The zero-order chi connectivity index (χ0) is 23.4. The molecule has 1 fully saturated rings. The van der Waals surface area contributed by atoms with Crippen molar-refractivity contribution in [3.63, 3.8) is 0 Å². The van der Waals surface area contributed by atoms with E-state index in [4.69, 9.17) is 23.7 Å². The van der Waals surface area contributed by atoms with Crippen LogP contribution in [0.3, 0.4) is 0 Å². The molecule has 33 heavy (non-hydrogen) atoms. The summed E-state index contributed by atoms with van der Waals surface area (Å²) >= 11 is 1.44. The summed E-state index contributed by atoms with van der Waals surface area (Å²) < 4.78 is 26.8. The lowest BCUT2D eigenvalue weighted by atomic mass is 10.1. The van der Waals surface area contributed by atoms with Crippen LogP contribution in [0.1, 0.15) is 23.7 Å². The third-order valence-electron chi connectivity index (χ3n) is 5.12. The van der Waals surface area contributed by atoms with Crippen LogP contribution in [0.25, 0.3) is 0 Å². The highest BCUT2D eigenvalue weighted by molar-refractivity contribution is 8.00. The lowest BCUT2D eigenvalue weighted by molar-refractivity contribution is -0.156. The van der Waals surface area contributed by atoms with E-state index in [1.165, 1.54) is 18.7 Å². The third-order valence-corrected chi connectivity index (χ3v) is 6.43. The van der Waals surface area contributed by atoms with Crippen molar-refractivity contribution >= 4 is 29.4 Å². The van der Waals surface area contributed by atoms with Crippen molar-refractivity contribution in [2.45, 2.75) is 35.8 Å². The standard InChI is InChI=1S/C23H23NO8S/c1-13(25)29-11-20-21(33-16-6-4-15(28-2)5-7-16)10-17(26)23(32-20)24-22(27)14-3-8-18-19(9-14)31-12-30-18/h3-9,20-21,23H,10-12H2,1-2H3,(H,24,27)/t20-,21?,23-/m1/s1. The van der Waals surface area contributed by atoms with E-state index in [0.29, 0.717) is 17.1 Å². The fourth-order valence-electron chi connectivity index (χ4n) is 3.42. The number of methoxy groups -OCH3 is 1. The molecule has 174 valence electrons. The predicted molar refractivity (Wildman–Crippen MR) is 118 cm³/mol. The zero-order valence-corrected chi connectivity index (χ0v) is 18.9. The molecule has 10 heteroatoms. The van der Waals surface area contributed by atoms with Gasteiger partial charge in [0, 0.05) is 29.1 Å². The van der Waals surface area contributed by atoms with Gasteiger partial charge in [-0.25, -0.2) is 0 Å². The Labute approximate surface area is 194 Å². The number of hydrogen-bond acceptors (Lipinski definition) is 9. The van der Waals surface area contributed by atoms with Crippen molar-refractivity contribution in [3.8, 4) is 17.2 Å². The molecule has 3 atom stereocenters. The minimum absolute atomic E-state index is 0.0349. The normalized spacial score (nSPS) is 21.4. The number of ketones is 1. The molecule has 2 aliphatic rings. The van der Waals surface area contributed by atoms with Gasteiger partial charge in [0.25, 0.3) is 5.91 Å². The van der Waals surface area contributed by atoms with Gasteiger partial charge in [0.15, 0.2) is 23.5 Å². The fraction of sp³-hybridized carbons (Fsp3) is 0.348. The molecule has 0 radical (unpaired) electrons. The highest BCUT2D eigenvalue weighted by atomic mass is 32.2. The molecular weight excluding hydrogens is 450 g/mol. The molecule has 0 aliphatic carbocycles. The van der Waals surface area contributed by atoms with E-state index in [2.05, 4.69) is 5.32 Å². The molecule has 2 heterocycles. The number of benzene rings is 2. The number of rotatable bonds is 7. The average molecular weight is 474 g/mol. The summed E-state index contributed by atoms with van der Waals surface area (Å²) in [5, 5.41) is 2.32. The van der Waals surface area contributed by atoms with E-state index in [1.807, 2.05) is 24.3 Å². The van der Waals surface area contributed by atoms with Gasteiger partial charge in [-0.15, -0.1) is 11.8 Å². The maximum absolute atomic E-state index is 12.8. The van der Waals surface area contributed by atoms with Gasteiger partial charge in [0.1, 0.15) is 18.5 Å². The first kappa shape index (κ1) is 22.9. The Balaban J connectivity index is 1.44. The summed E-state index contributed by atoms with van der Waals surface area (Å²) in [6.45, 7) is 1.36. The van der Waals surface area contributed by atoms with Crippen molar-refractivity contribution in [2.24, 2.45) is 0 Å². The second-order valence-corrected chi connectivity index (χ2v) is 8.71. The number of esters is 1. The van der Waals surface area contributed by atoms with Gasteiger partial charge < -0.3 is 29.0 Å². The van der Waals surface area contributed by atoms with Gasteiger partial charge in [0.05, 0.1) is 7.11 Å². The molecule has 2 aromatic carbocycles. The van der Waals surface area contributed by atoms with E-state index in [9.17, 15) is 14.4 Å². The SMILES string of the molecule is COc1ccc(SC2CC(=O)[C@H](NC(=O)c3ccc4c(c3)OCO4)O[C@@H]2COC(C)=O)cc1.